The molecule has 2 rings (SSSR count). The molecule has 1 aromatic carbocycles. The van der Waals surface area contributed by atoms with Gasteiger partial charge in [-0.25, -0.2) is 0 Å². The van der Waals surface area contributed by atoms with Crippen LogP contribution in [0.2, 0.25) is 0 Å². The van der Waals surface area contributed by atoms with E-state index in [2.05, 4.69) is 15.4 Å². The van der Waals surface area contributed by atoms with Gasteiger partial charge in [0.05, 0.1) is 6.04 Å². The Morgan fingerprint density at radius 3 is 2.81 bits per heavy atom. The molecule has 0 aromatic heterocycles. The molecule has 1 unspecified atom stereocenters. The standard InChI is InChI=1S/C14H18F2N2O2S/c15-14(16)20-11-3-1-10(2-4-11)5-6-18-13(19)12-9-21-8-7-17-12/h1-4,12,14,17H,5-9H2,(H,18,19). The van der Waals surface area contributed by atoms with Crippen molar-refractivity contribution in [2.45, 2.75) is 19.1 Å². The van der Waals surface area contributed by atoms with Crippen LogP contribution in [0.4, 0.5) is 8.78 Å². The van der Waals surface area contributed by atoms with Gasteiger partial charge in [-0.15, -0.1) is 0 Å². The molecule has 21 heavy (non-hydrogen) atoms. The van der Waals surface area contributed by atoms with Crippen molar-refractivity contribution < 1.29 is 18.3 Å². The molecule has 0 aliphatic carbocycles. The molecule has 7 heteroatoms. The van der Waals surface area contributed by atoms with Crippen LogP contribution < -0.4 is 15.4 Å². The van der Waals surface area contributed by atoms with Crippen molar-refractivity contribution in [3.63, 3.8) is 0 Å². The smallest absolute Gasteiger partial charge is 0.387 e. The van der Waals surface area contributed by atoms with Crippen LogP contribution in [0.25, 0.3) is 0 Å². The first-order chi connectivity index (χ1) is 10.1. The van der Waals surface area contributed by atoms with Gasteiger partial charge in [0.1, 0.15) is 5.75 Å². The molecule has 0 saturated carbocycles. The van der Waals surface area contributed by atoms with Crippen LogP contribution >= 0.6 is 11.8 Å². The molecule has 1 aromatic rings. The third-order valence-corrected chi connectivity index (χ3v) is 4.16. The molecule has 2 N–H and O–H groups in total. The monoisotopic (exact) mass is 316 g/mol. The normalized spacial score (nSPS) is 18.5. The zero-order chi connectivity index (χ0) is 15.1. The SMILES string of the molecule is O=C(NCCc1ccc(OC(F)F)cc1)C1CSCCN1. The number of alkyl halides is 2. The van der Waals surface area contributed by atoms with Gasteiger partial charge in [-0.2, -0.15) is 20.5 Å². The maximum Gasteiger partial charge on any atom is 0.387 e. The summed E-state index contributed by atoms with van der Waals surface area (Å²) >= 11 is 1.77. The molecule has 0 spiro atoms. The number of benzene rings is 1. The van der Waals surface area contributed by atoms with Gasteiger partial charge < -0.3 is 15.4 Å². The molecule has 1 heterocycles. The minimum Gasteiger partial charge on any atom is -0.435 e. The van der Waals surface area contributed by atoms with Crippen molar-refractivity contribution in [1.29, 1.82) is 0 Å². The molecule has 1 fully saturated rings. The van der Waals surface area contributed by atoms with E-state index >= 15 is 0 Å². The summed E-state index contributed by atoms with van der Waals surface area (Å²) in [6.45, 7) is -1.43. The minimum atomic E-state index is -2.81. The molecule has 1 saturated heterocycles. The van der Waals surface area contributed by atoms with Crippen molar-refractivity contribution in [3.05, 3.63) is 29.8 Å². The van der Waals surface area contributed by atoms with Gasteiger partial charge >= 0.3 is 6.61 Å². The summed E-state index contributed by atoms with van der Waals surface area (Å²) in [5.74, 6) is 1.99. The fourth-order valence-electron chi connectivity index (χ4n) is 2.02. The number of thioether (sulfide) groups is 1. The maximum absolute atomic E-state index is 12.0. The molecule has 1 aliphatic heterocycles. The van der Waals surface area contributed by atoms with E-state index < -0.39 is 6.61 Å². The Morgan fingerprint density at radius 1 is 1.43 bits per heavy atom. The first kappa shape index (κ1) is 16.0. The van der Waals surface area contributed by atoms with Crippen LogP contribution in [0.1, 0.15) is 5.56 Å². The number of carbonyl (C=O) groups excluding carboxylic acids is 1. The number of hydrogen-bond acceptors (Lipinski definition) is 4. The van der Waals surface area contributed by atoms with E-state index in [1.165, 1.54) is 12.1 Å². The predicted molar refractivity (Wildman–Crippen MR) is 78.9 cm³/mol. The number of halogens is 2. The zero-order valence-electron chi connectivity index (χ0n) is 11.5. The highest BCUT2D eigenvalue weighted by Crippen LogP contribution is 2.15. The van der Waals surface area contributed by atoms with Crippen molar-refractivity contribution in [1.82, 2.24) is 10.6 Å². The number of rotatable bonds is 6. The predicted octanol–water partition coefficient (Wildman–Crippen LogP) is 1.65. The summed E-state index contributed by atoms with van der Waals surface area (Å²) in [6.07, 6.45) is 0.653. The average Bonchev–Trinajstić information content (AvgIpc) is 2.49. The van der Waals surface area contributed by atoms with E-state index in [9.17, 15) is 13.6 Å². The zero-order valence-corrected chi connectivity index (χ0v) is 12.3. The maximum atomic E-state index is 12.0. The van der Waals surface area contributed by atoms with Gasteiger partial charge in [-0.3, -0.25) is 4.79 Å². The topological polar surface area (TPSA) is 50.4 Å². The van der Waals surface area contributed by atoms with E-state index in [0.29, 0.717) is 13.0 Å². The number of ether oxygens (including phenoxy) is 1. The number of nitrogens with one attached hydrogen (secondary N) is 2. The van der Waals surface area contributed by atoms with Gasteiger partial charge in [0.15, 0.2) is 0 Å². The van der Waals surface area contributed by atoms with E-state index in [4.69, 9.17) is 0 Å². The molecule has 1 amide bonds. The van der Waals surface area contributed by atoms with Crippen molar-refractivity contribution in [3.8, 4) is 5.75 Å². The van der Waals surface area contributed by atoms with Gasteiger partial charge in [0.25, 0.3) is 0 Å². The number of carbonyl (C=O) groups is 1. The first-order valence-corrected chi connectivity index (χ1v) is 7.93. The summed E-state index contributed by atoms with van der Waals surface area (Å²) in [4.78, 5) is 11.9. The third-order valence-electron chi connectivity index (χ3n) is 3.10. The van der Waals surface area contributed by atoms with Crippen molar-refractivity contribution in [2.24, 2.45) is 0 Å². The van der Waals surface area contributed by atoms with E-state index in [0.717, 1.165) is 23.6 Å². The Hall–Kier alpha value is -1.34. The van der Waals surface area contributed by atoms with Gasteiger partial charge in [0, 0.05) is 24.6 Å². The molecular weight excluding hydrogens is 298 g/mol. The highest BCUT2D eigenvalue weighted by Gasteiger charge is 2.20. The molecule has 0 bridgehead atoms. The molecule has 116 valence electrons. The Morgan fingerprint density at radius 2 is 2.19 bits per heavy atom. The molecule has 0 radical (unpaired) electrons. The lowest BCUT2D eigenvalue weighted by Crippen LogP contribution is -2.49. The summed E-state index contributed by atoms with van der Waals surface area (Å²) in [5.41, 5.74) is 0.961. The van der Waals surface area contributed by atoms with Crippen molar-refractivity contribution >= 4 is 17.7 Å². The Balaban J connectivity index is 1.71. The first-order valence-electron chi connectivity index (χ1n) is 6.78. The van der Waals surface area contributed by atoms with Crippen LogP contribution in [-0.2, 0) is 11.2 Å². The Kier molecular flexibility index (Phi) is 6.25. The van der Waals surface area contributed by atoms with Gasteiger partial charge in [-0.05, 0) is 24.1 Å². The van der Waals surface area contributed by atoms with Crippen LogP contribution in [0.5, 0.6) is 5.75 Å². The highest BCUT2D eigenvalue weighted by atomic mass is 32.2. The van der Waals surface area contributed by atoms with Crippen LogP contribution in [0.3, 0.4) is 0 Å². The second kappa shape index (κ2) is 8.19. The lowest BCUT2D eigenvalue weighted by Gasteiger charge is -2.22. The third kappa shape index (κ3) is 5.51. The molecule has 1 atom stereocenters. The second-order valence-electron chi connectivity index (χ2n) is 4.65. The molecular formula is C14H18F2N2O2S. The van der Waals surface area contributed by atoms with E-state index in [-0.39, 0.29) is 17.7 Å². The average molecular weight is 316 g/mol. The second-order valence-corrected chi connectivity index (χ2v) is 5.79. The number of hydrogen-bond donors (Lipinski definition) is 2. The largest absolute Gasteiger partial charge is 0.435 e. The van der Waals surface area contributed by atoms with Crippen molar-refractivity contribution in [2.75, 3.05) is 24.6 Å². The summed E-state index contributed by atoms with van der Waals surface area (Å²) < 4.78 is 28.3. The van der Waals surface area contributed by atoms with Crippen LogP contribution in [0, 0.1) is 0 Å². The quantitative estimate of drug-likeness (QED) is 0.838. The lowest BCUT2D eigenvalue weighted by molar-refractivity contribution is -0.122. The minimum absolute atomic E-state index is 0.0138. The summed E-state index contributed by atoms with van der Waals surface area (Å²) in [6, 6.07) is 6.33. The van der Waals surface area contributed by atoms with Crippen LogP contribution in [-0.4, -0.2) is 43.2 Å². The fourth-order valence-corrected chi connectivity index (χ4v) is 2.96. The summed E-state index contributed by atoms with van der Waals surface area (Å²) in [5, 5.41) is 6.05. The van der Waals surface area contributed by atoms with E-state index in [1.54, 1.807) is 23.9 Å². The van der Waals surface area contributed by atoms with Crippen LogP contribution in [0.15, 0.2) is 24.3 Å². The highest BCUT2D eigenvalue weighted by molar-refractivity contribution is 7.99. The summed E-state index contributed by atoms with van der Waals surface area (Å²) in [7, 11) is 0. The molecule has 4 nitrogen and oxygen atoms in total. The Bertz CT molecular complexity index is 451. The molecule has 1 aliphatic rings. The Labute approximate surface area is 126 Å². The number of amides is 1. The lowest BCUT2D eigenvalue weighted by atomic mass is 10.1. The van der Waals surface area contributed by atoms with E-state index in [1.807, 2.05) is 0 Å². The van der Waals surface area contributed by atoms with Gasteiger partial charge in [-0.1, -0.05) is 12.1 Å². The fraction of sp³-hybridized carbons (Fsp3) is 0.500. The van der Waals surface area contributed by atoms with Gasteiger partial charge in [0.2, 0.25) is 5.91 Å².